The van der Waals surface area contributed by atoms with Crippen LogP contribution in [0.25, 0.3) is 0 Å². The van der Waals surface area contributed by atoms with Crippen molar-refractivity contribution in [2.24, 2.45) is 0 Å². The summed E-state index contributed by atoms with van der Waals surface area (Å²) in [6, 6.07) is 0. The Labute approximate surface area is 74.9 Å². The van der Waals surface area contributed by atoms with Crippen molar-refractivity contribution >= 4 is 0 Å². The summed E-state index contributed by atoms with van der Waals surface area (Å²) in [5.74, 6) is 0. The van der Waals surface area contributed by atoms with Crippen LogP contribution in [0, 0.1) is 38.2 Å². The first-order valence-electron chi connectivity index (χ1n) is 2.03. The molecule has 0 fully saturated rings. The largest absolute Gasteiger partial charge is 0.395 e. The normalized spacial score (nSPS) is 8.57. The summed E-state index contributed by atoms with van der Waals surface area (Å²) in [7, 11) is 3.85. The quantitative estimate of drug-likeness (QED) is 0.718. The first kappa shape index (κ1) is 11.1. The van der Waals surface area contributed by atoms with Gasteiger partial charge in [0.2, 0.25) is 0 Å². The molecule has 0 heterocycles. The van der Waals surface area contributed by atoms with Crippen molar-refractivity contribution in [2.45, 2.75) is 0 Å². The van der Waals surface area contributed by atoms with E-state index in [2.05, 4.69) is 0 Å². The Morgan fingerprint density at radius 1 is 1.43 bits per heavy atom. The fourth-order valence-corrected chi connectivity index (χ4v) is 0.200. The third kappa shape index (κ3) is 11.0. The standard InChI is InChI=1S/C4H11NO.Dy/c1-5(2)3-4-6;/h6H,3-4H2,1-2H3;. The van der Waals surface area contributed by atoms with Crippen LogP contribution in [0.5, 0.6) is 0 Å². The Bertz CT molecular complexity index is 32.9. The predicted molar refractivity (Wildman–Crippen MR) is 25.6 cm³/mol. The summed E-state index contributed by atoms with van der Waals surface area (Å²) < 4.78 is 0. The summed E-state index contributed by atoms with van der Waals surface area (Å²) in [6.07, 6.45) is 0. The summed E-state index contributed by atoms with van der Waals surface area (Å²) in [4.78, 5) is 1.93. The maximum absolute atomic E-state index is 8.20. The molecule has 0 radical (unpaired) electrons. The van der Waals surface area contributed by atoms with E-state index in [0.29, 0.717) is 0 Å². The molecule has 48 valence electrons. The molecule has 0 saturated carbocycles. The van der Waals surface area contributed by atoms with E-state index in [1.54, 1.807) is 0 Å². The minimum absolute atomic E-state index is 0. The molecule has 0 atom stereocenters. The van der Waals surface area contributed by atoms with E-state index in [-0.39, 0.29) is 44.8 Å². The molecular formula is C4H11DyNO. The van der Waals surface area contributed by atoms with Crippen molar-refractivity contribution in [3.63, 3.8) is 0 Å². The number of hydrogen-bond acceptors (Lipinski definition) is 2. The monoisotopic (exact) mass is 253 g/mol. The van der Waals surface area contributed by atoms with Gasteiger partial charge >= 0.3 is 0 Å². The Balaban J connectivity index is 0. The van der Waals surface area contributed by atoms with Crippen LogP contribution in [0.4, 0.5) is 0 Å². The molecule has 0 aromatic heterocycles. The molecule has 0 aliphatic carbocycles. The Morgan fingerprint density at radius 2 is 1.86 bits per heavy atom. The first-order valence-corrected chi connectivity index (χ1v) is 2.03. The number of hydrogen-bond donors (Lipinski definition) is 1. The van der Waals surface area contributed by atoms with Crippen LogP contribution in [0.15, 0.2) is 0 Å². The van der Waals surface area contributed by atoms with E-state index >= 15 is 0 Å². The van der Waals surface area contributed by atoms with Crippen LogP contribution in [-0.4, -0.2) is 37.3 Å². The summed E-state index contributed by atoms with van der Waals surface area (Å²) in [5, 5.41) is 8.20. The zero-order chi connectivity index (χ0) is 4.99. The third-order valence-electron chi connectivity index (χ3n) is 0.547. The number of nitrogens with zero attached hydrogens (tertiary/aromatic N) is 1. The van der Waals surface area contributed by atoms with Gasteiger partial charge in [-0.05, 0) is 14.1 Å². The second kappa shape index (κ2) is 7.19. The van der Waals surface area contributed by atoms with Crippen LogP contribution in [0.2, 0.25) is 0 Å². The zero-order valence-corrected chi connectivity index (χ0v) is 6.65. The average molecular weight is 252 g/mol. The topological polar surface area (TPSA) is 23.5 Å². The number of rotatable bonds is 2. The van der Waals surface area contributed by atoms with Gasteiger partial charge in [-0.3, -0.25) is 0 Å². The van der Waals surface area contributed by atoms with Crippen LogP contribution >= 0.6 is 0 Å². The molecule has 0 rings (SSSR count). The maximum atomic E-state index is 8.20. The molecule has 0 aliphatic heterocycles. The second-order valence-electron chi connectivity index (χ2n) is 1.53. The van der Waals surface area contributed by atoms with E-state index in [0.717, 1.165) is 6.54 Å². The molecule has 1 N–H and O–H groups in total. The van der Waals surface area contributed by atoms with Crippen molar-refractivity contribution < 1.29 is 43.3 Å². The average Bonchev–Trinajstić information content (AvgIpc) is 1.35. The van der Waals surface area contributed by atoms with Crippen molar-refractivity contribution in [3.8, 4) is 0 Å². The Morgan fingerprint density at radius 3 is 1.86 bits per heavy atom. The van der Waals surface area contributed by atoms with Gasteiger partial charge in [-0.2, -0.15) is 0 Å². The van der Waals surface area contributed by atoms with Crippen molar-refractivity contribution in [2.75, 3.05) is 27.2 Å². The smallest absolute Gasteiger partial charge is 0.0558 e. The van der Waals surface area contributed by atoms with E-state index < -0.39 is 0 Å². The molecule has 0 aromatic carbocycles. The predicted octanol–water partition coefficient (Wildman–Crippen LogP) is -0.460. The number of aliphatic hydroxyl groups excluding tert-OH is 1. The van der Waals surface area contributed by atoms with Gasteiger partial charge in [0.05, 0.1) is 6.61 Å². The van der Waals surface area contributed by atoms with Crippen molar-refractivity contribution in [3.05, 3.63) is 0 Å². The Hall–Kier alpha value is 1.19. The number of aliphatic hydroxyl groups is 1. The van der Waals surface area contributed by atoms with Gasteiger partial charge in [-0.1, -0.05) is 0 Å². The fourth-order valence-electron chi connectivity index (χ4n) is 0.200. The fraction of sp³-hybridized carbons (Fsp3) is 1.00. The molecule has 0 unspecified atom stereocenters. The van der Waals surface area contributed by atoms with Gasteiger partial charge in [0.25, 0.3) is 0 Å². The van der Waals surface area contributed by atoms with Crippen LogP contribution < -0.4 is 0 Å². The van der Waals surface area contributed by atoms with E-state index in [9.17, 15) is 0 Å². The van der Waals surface area contributed by atoms with Gasteiger partial charge in [0, 0.05) is 44.7 Å². The molecule has 0 aromatic rings. The molecule has 0 amide bonds. The summed E-state index contributed by atoms with van der Waals surface area (Å²) in [5.41, 5.74) is 0. The van der Waals surface area contributed by atoms with Crippen LogP contribution in [0.3, 0.4) is 0 Å². The van der Waals surface area contributed by atoms with Gasteiger partial charge in [0.15, 0.2) is 0 Å². The van der Waals surface area contributed by atoms with Crippen LogP contribution in [-0.2, 0) is 0 Å². The SMILES string of the molecule is CN(C)CCO.[Dy]. The molecule has 0 bridgehead atoms. The maximum Gasteiger partial charge on any atom is 0.0558 e. The summed E-state index contributed by atoms with van der Waals surface area (Å²) >= 11 is 0. The number of likely N-dealkylation sites (N-methyl/N-ethyl adjacent to an activating group) is 1. The minimum Gasteiger partial charge on any atom is -0.395 e. The van der Waals surface area contributed by atoms with E-state index in [4.69, 9.17) is 5.11 Å². The van der Waals surface area contributed by atoms with E-state index in [1.807, 2.05) is 19.0 Å². The molecular weight excluding hydrogens is 241 g/mol. The molecule has 0 saturated heterocycles. The molecule has 2 nitrogen and oxygen atoms in total. The Kier molecular flexibility index (Phi) is 11.4. The first-order chi connectivity index (χ1) is 2.77. The van der Waals surface area contributed by atoms with Crippen molar-refractivity contribution in [1.29, 1.82) is 0 Å². The van der Waals surface area contributed by atoms with Gasteiger partial charge < -0.3 is 10.0 Å². The third-order valence-corrected chi connectivity index (χ3v) is 0.547. The molecule has 0 aliphatic rings. The van der Waals surface area contributed by atoms with Gasteiger partial charge in [-0.25, -0.2) is 0 Å². The van der Waals surface area contributed by atoms with Crippen molar-refractivity contribution in [1.82, 2.24) is 4.90 Å². The minimum atomic E-state index is 0. The van der Waals surface area contributed by atoms with Gasteiger partial charge in [-0.15, -0.1) is 0 Å². The summed E-state index contributed by atoms with van der Waals surface area (Å²) in [6.45, 7) is 1.02. The molecule has 0 spiro atoms. The van der Waals surface area contributed by atoms with E-state index in [1.165, 1.54) is 0 Å². The molecule has 7 heavy (non-hydrogen) atoms. The zero-order valence-electron chi connectivity index (χ0n) is 4.62. The second-order valence-corrected chi connectivity index (χ2v) is 1.53. The van der Waals surface area contributed by atoms with Gasteiger partial charge in [0.1, 0.15) is 0 Å². The molecule has 3 heteroatoms. The van der Waals surface area contributed by atoms with Crippen LogP contribution in [0.1, 0.15) is 0 Å².